The summed E-state index contributed by atoms with van der Waals surface area (Å²) in [6.07, 6.45) is 6.32. The van der Waals surface area contributed by atoms with Gasteiger partial charge < -0.3 is 14.6 Å². The Balaban J connectivity index is 1.53. The second-order valence-electron chi connectivity index (χ2n) is 6.07. The molecule has 0 spiro atoms. The summed E-state index contributed by atoms with van der Waals surface area (Å²) in [5, 5.41) is 9.07. The molecule has 0 aliphatic carbocycles. The minimum Gasteiger partial charge on any atom is -0.392 e. The van der Waals surface area contributed by atoms with Crippen molar-refractivity contribution in [3.63, 3.8) is 0 Å². The highest BCUT2D eigenvalue weighted by Gasteiger charge is 2.19. The smallest absolute Gasteiger partial charge is 0.108 e. The van der Waals surface area contributed by atoms with Gasteiger partial charge in [-0.2, -0.15) is 0 Å². The highest BCUT2D eigenvalue weighted by Crippen LogP contribution is 2.20. The lowest BCUT2D eigenvalue weighted by Gasteiger charge is -2.28. The molecule has 2 heterocycles. The van der Waals surface area contributed by atoms with E-state index >= 15 is 0 Å². The molecule has 0 radical (unpaired) electrons. The Labute approximate surface area is 126 Å². The summed E-state index contributed by atoms with van der Waals surface area (Å²) in [4.78, 5) is 6.77. The first-order valence-electron chi connectivity index (χ1n) is 7.62. The normalized spacial score (nSPS) is 18.0. The number of hydrogen-bond donors (Lipinski definition) is 1. The van der Waals surface area contributed by atoms with Crippen molar-refractivity contribution in [3.8, 4) is 0 Å². The van der Waals surface area contributed by atoms with Gasteiger partial charge in [-0.3, -0.25) is 0 Å². The summed E-state index contributed by atoms with van der Waals surface area (Å²) >= 11 is 0. The molecule has 4 nitrogen and oxygen atoms in total. The SMILES string of the molecule is CN(Cc1ccc(CO)cc1)C[C@H]1CCc2nccn2C1. The number of aryl methyl sites for hydroxylation is 1. The third-order valence-corrected chi connectivity index (χ3v) is 4.26. The molecule has 112 valence electrons. The summed E-state index contributed by atoms with van der Waals surface area (Å²) < 4.78 is 2.29. The van der Waals surface area contributed by atoms with Gasteiger partial charge in [-0.05, 0) is 30.5 Å². The monoisotopic (exact) mass is 285 g/mol. The van der Waals surface area contributed by atoms with Crippen molar-refractivity contribution in [2.24, 2.45) is 5.92 Å². The van der Waals surface area contributed by atoms with Crippen molar-refractivity contribution >= 4 is 0 Å². The zero-order valence-corrected chi connectivity index (χ0v) is 12.6. The largest absolute Gasteiger partial charge is 0.392 e. The topological polar surface area (TPSA) is 41.3 Å². The van der Waals surface area contributed by atoms with Gasteiger partial charge in [0, 0.05) is 38.4 Å². The first kappa shape index (κ1) is 14.3. The molecule has 2 aromatic rings. The average molecular weight is 285 g/mol. The van der Waals surface area contributed by atoms with Crippen molar-refractivity contribution in [3.05, 3.63) is 53.6 Å². The van der Waals surface area contributed by atoms with Gasteiger partial charge in [0.05, 0.1) is 6.61 Å². The van der Waals surface area contributed by atoms with E-state index in [-0.39, 0.29) is 6.61 Å². The molecule has 21 heavy (non-hydrogen) atoms. The maximum Gasteiger partial charge on any atom is 0.108 e. The van der Waals surface area contributed by atoms with Gasteiger partial charge >= 0.3 is 0 Å². The molecule has 1 aromatic heterocycles. The van der Waals surface area contributed by atoms with Crippen molar-refractivity contribution in [1.29, 1.82) is 0 Å². The van der Waals surface area contributed by atoms with E-state index in [1.807, 2.05) is 18.3 Å². The molecule has 0 amide bonds. The number of fused-ring (bicyclic) bond motifs is 1. The van der Waals surface area contributed by atoms with Crippen LogP contribution in [0, 0.1) is 5.92 Å². The van der Waals surface area contributed by atoms with Gasteiger partial charge in [0.15, 0.2) is 0 Å². The molecule has 0 bridgehead atoms. The molecule has 3 rings (SSSR count). The number of rotatable bonds is 5. The fourth-order valence-electron chi connectivity index (χ4n) is 3.15. The second kappa shape index (κ2) is 6.41. The molecular weight excluding hydrogens is 262 g/mol. The highest BCUT2D eigenvalue weighted by atomic mass is 16.3. The van der Waals surface area contributed by atoms with E-state index < -0.39 is 0 Å². The minimum atomic E-state index is 0.117. The molecule has 0 unspecified atom stereocenters. The maximum atomic E-state index is 9.07. The van der Waals surface area contributed by atoms with E-state index in [2.05, 4.69) is 39.8 Å². The number of aromatic nitrogens is 2. The first-order chi connectivity index (χ1) is 10.2. The van der Waals surface area contributed by atoms with E-state index in [0.29, 0.717) is 5.92 Å². The van der Waals surface area contributed by atoms with E-state index in [4.69, 9.17) is 5.11 Å². The standard InChI is InChI=1S/C17H23N3O/c1-19(10-14-2-4-15(13-21)5-3-14)11-16-6-7-17-18-8-9-20(17)12-16/h2-5,8-9,16,21H,6-7,10-13H2,1H3/t16-/m1/s1. The van der Waals surface area contributed by atoms with Crippen LogP contribution in [0.4, 0.5) is 0 Å². The summed E-state index contributed by atoms with van der Waals surface area (Å²) in [6, 6.07) is 8.22. The molecule has 1 N–H and O–H groups in total. The zero-order chi connectivity index (χ0) is 14.7. The summed E-state index contributed by atoms with van der Waals surface area (Å²) in [6.45, 7) is 3.27. The van der Waals surface area contributed by atoms with Crippen LogP contribution in [-0.4, -0.2) is 33.1 Å². The lowest BCUT2D eigenvalue weighted by atomic mass is 9.98. The Bertz CT molecular complexity index is 576. The highest BCUT2D eigenvalue weighted by molar-refractivity contribution is 5.21. The minimum absolute atomic E-state index is 0.117. The predicted octanol–water partition coefficient (Wildman–Crippen LogP) is 2.07. The molecule has 0 fully saturated rings. The predicted molar refractivity (Wildman–Crippen MR) is 82.7 cm³/mol. The van der Waals surface area contributed by atoms with Crippen molar-refractivity contribution in [2.45, 2.75) is 32.5 Å². The first-order valence-corrected chi connectivity index (χ1v) is 7.62. The van der Waals surface area contributed by atoms with Gasteiger partial charge in [0.25, 0.3) is 0 Å². The second-order valence-corrected chi connectivity index (χ2v) is 6.07. The van der Waals surface area contributed by atoms with Crippen LogP contribution in [0.3, 0.4) is 0 Å². The van der Waals surface area contributed by atoms with E-state index in [0.717, 1.165) is 31.6 Å². The van der Waals surface area contributed by atoms with Gasteiger partial charge in [0.1, 0.15) is 5.82 Å². The quantitative estimate of drug-likeness (QED) is 0.914. The van der Waals surface area contributed by atoms with Gasteiger partial charge in [-0.25, -0.2) is 4.98 Å². The number of imidazole rings is 1. The van der Waals surface area contributed by atoms with Crippen LogP contribution in [0.15, 0.2) is 36.7 Å². The fourth-order valence-corrected chi connectivity index (χ4v) is 3.15. The molecule has 1 aliphatic rings. The van der Waals surface area contributed by atoms with Crippen LogP contribution in [0.5, 0.6) is 0 Å². The lowest BCUT2D eigenvalue weighted by Crippen LogP contribution is -2.31. The fraction of sp³-hybridized carbons (Fsp3) is 0.471. The van der Waals surface area contributed by atoms with Crippen LogP contribution in [-0.2, 0) is 26.1 Å². The number of hydrogen-bond acceptors (Lipinski definition) is 3. The number of aliphatic hydroxyl groups excluding tert-OH is 1. The summed E-state index contributed by atoms with van der Waals surface area (Å²) in [5.41, 5.74) is 2.27. The van der Waals surface area contributed by atoms with Crippen molar-refractivity contribution in [2.75, 3.05) is 13.6 Å². The lowest BCUT2D eigenvalue weighted by molar-refractivity contribution is 0.229. The van der Waals surface area contributed by atoms with Crippen LogP contribution < -0.4 is 0 Å². The van der Waals surface area contributed by atoms with Gasteiger partial charge in [-0.15, -0.1) is 0 Å². The maximum absolute atomic E-state index is 9.07. The van der Waals surface area contributed by atoms with Gasteiger partial charge in [-0.1, -0.05) is 24.3 Å². The van der Waals surface area contributed by atoms with E-state index in [1.165, 1.54) is 17.8 Å². The van der Waals surface area contributed by atoms with E-state index in [9.17, 15) is 0 Å². The Kier molecular flexibility index (Phi) is 4.36. The molecule has 1 atom stereocenters. The Hall–Kier alpha value is -1.65. The van der Waals surface area contributed by atoms with Crippen LogP contribution in [0.1, 0.15) is 23.4 Å². The Morgan fingerprint density at radius 3 is 2.81 bits per heavy atom. The zero-order valence-electron chi connectivity index (χ0n) is 12.6. The number of benzene rings is 1. The third kappa shape index (κ3) is 3.52. The Morgan fingerprint density at radius 2 is 2.05 bits per heavy atom. The summed E-state index contributed by atoms with van der Waals surface area (Å²) in [5.74, 6) is 1.93. The number of aliphatic hydroxyl groups is 1. The molecule has 1 aliphatic heterocycles. The van der Waals surface area contributed by atoms with Gasteiger partial charge in [0.2, 0.25) is 0 Å². The Morgan fingerprint density at radius 1 is 1.29 bits per heavy atom. The van der Waals surface area contributed by atoms with Crippen molar-refractivity contribution < 1.29 is 5.11 Å². The number of nitrogens with zero attached hydrogens (tertiary/aromatic N) is 3. The summed E-state index contributed by atoms with van der Waals surface area (Å²) in [7, 11) is 2.18. The molecule has 4 heteroatoms. The molecular formula is C17H23N3O. The molecule has 0 saturated heterocycles. The third-order valence-electron chi connectivity index (χ3n) is 4.26. The average Bonchev–Trinajstić information content (AvgIpc) is 2.95. The molecule has 1 aromatic carbocycles. The van der Waals surface area contributed by atoms with Crippen LogP contribution in [0.25, 0.3) is 0 Å². The van der Waals surface area contributed by atoms with Crippen molar-refractivity contribution in [1.82, 2.24) is 14.5 Å². The van der Waals surface area contributed by atoms with Crippen LogP contribution >= 0.6 is 0 Å². The van der Waals surface area contributed by atoms with Crippen LogP contribution in [0.2, 0.25) is 0 Å². The van der Waals surface area contributed by atoms with E-state index in [1.54, 1.807) is 0 Å². The molecule has 0 saturated carbocycles.